The summed E-state index contributed by atoms with van der Waals surface area (Å²) in [7, 11) is 5.55. The molecule has 6 aliphatic rings. The maximum atomic E-state index is 14.8. The van der Waals surface area contributed by atoms with Gasteiger partial charge in [0.15, 0.2) is 23.1 Å². The molecule has 4 saturated carbocycles. The van der Waals surface area contributed by atoms with E-state index in [0.29, 0.717) is 0 Å². The quantitative estimate of drug-likeness (QED) is 0.504. The van der Waals surface area contributed by atoms with Gasteiger partial charge in [-0.1, -0.05) is 0 Å². The molecule has 10 heteroatoms. The van der Waals surface area contributed by atoms with Crippen molar-refractivity contribution >= 4 is 34.7 Å². The molecule has 2 aromatic carbocycles. The van der Waals surface area contributed by atoms with Gasteiger partial charge >= 0.3 is 0 Å². The molecule has 0 saturated heterocycles. The number of methoxy groups -OCH3 is 4. The summed E-state index contributed by atoms with van der Waals surface area (Å²) in [6.07, 6.45) is 0.316. The van der Waals surface area contributed by atoms with Crippen LogP contribution in [0, 0.1) is 46.3 Å². The Morgan fingerprint density at radius 2 is 0.952 bits per heavy atom. The van der Waals surface area contributed by atoms with Crippen molar-refractivity contribution in [3.8, 4) is 23.0 Å². The largest absolute Gasteiger partial charge is 0.497 e. The van der Waals surface area contributed by atoms with Crippen LogP contribution < -0.4 is 18.9 Å². The molecule has 6 aliphatic carbocycles. The predicted molar refractivity (Wildman–Crippen MR) is 141 cm³/mol. The van der Waals surface area contributed by atoms with Crippen LogP contribution in [0.5, 0.6) is 23.0 Å². The maximum Gasteiger partial charge on any atom is 0.178 e. The lowest BCUT2D eigenvalue weighted by Gasteiger charge is -2.55. The lowest BCUT2D eigenvalue weighted by atomic mass is 9.42. The molecule has 0 N–H and O–H groups in total. The number of Topliss-reactive ketones (excluding diaryl/α,β-unsaturated/α-hetero) is 6. The Hall–Kier alpha value is -4.34. The van der Waals surface area contributed by atoms with Crippen molar-refractivity contribution in [2.24, 2.45) is 46.3 Å². The second kappa shape index (κ2) is 7.73. The van der Waals surface area contributed by atoms with Crippen molar-refractivity contribution in [1.82, 2.24) is 0 Å². The third kappa shape index (κ3) is 2.33. The lowest BCUT2D eigenvalue weighted by Crippen LogP contribution is -2.67. The van der Waals surface area contributed by atoms with Crippen molar-refractivity contribution in [2.45, 2.75) is 12.8 Å². The molecule has 8 rings (SSSR count). The molecule has 2 aromatic rings. The van der Waals surface area contributed by atoms with E-state index in [1.807, 2.05) is 0 Å². The van der Waals surface area contributed by atoms with Gasteiger partial charge < -0.3 is 18.9 Å². The molecule has 2 spiro atoms. The van der Waals surface area contributed by atoms with E-state index in [4.69, 9.17) is 18.9 Å². The molecular formula is C32H26O10. The molecule has 2 unspecified atom stereocenters. The Kier molecular flexibility index (Phi) is 4.67. The fraction of sp³-hybridized carbons (Fsp3) is 0.438. The molecule has 214 valence electrons. The van der Waals surface area contributed by atoms with Crippen LogP contribution in [0.4, 0.5) is 0 Å². The normalized spacial score (nSPS) is 36.4. The minimum absolute atomic E-state index is 0.0136. The molecule has 0 aliphatic heterocycles. The van der Waals surface area contributed by atoms with Gasteiger partial charge in [-0.25, -0.2) is 0 Å². The summed E-state index contributed by atoms with van der Waals surface area (Å²) in [4.78, 5) is 87.4. The Bertz CT molecular complexity index is 1630. The first kappa shape index (κ1) is 25.4. The minimum Gasteiger partial charge on any atom is -0.497 e. The smallest absolute Gasteiger partial charge is 0.178 e. The molecule has 0 radical (unpaired) electrons. The number of ether oxygens (including phenoxy) is 4. The van der Waals surface area contributed by atoms with Crippen molar-refractivity contribution in [3.63, 3.8) is 0 Å². The van der Waals surface area contributed by atoms with E-state index in [1.54, 1.807) is 0 Å². The summed E-state index contributed by atoms with van der Waals surface area (Å²) in [5, 5.41) is 0. The van der Waals surface area contributed by atoms with Gasteiger partial charge in [-0.15, -0.1) is 0 Å². The molecule has 4 fully saturated rings. The van der Waals surface area contributed by atoms with Crippen molar-refractivity contribution in [3.05, 3.63) is 46.5 Å². The van der Waals surface area contributed by atoms with Crippen LogP contribution in [0.2, 0.25) is 0 Å². The average Bonchev–Trinajstić information content (AvgIpc) is 3.48. The van der Waals surface area contributed by atoms with Crippen LogP contribution in [0.25, 0.3) is 0 Å². The molecule has 8 atom stereocenters. The minimum atomic E-state index is -1.67. The van der Waals surface area contributed by atoms with Gasteiger partial charge in [0.25, 0.3) is 0 Å². The van der Waals surface area contributed by atoms with Gasteiger partial charge in [-0.2, -0.15) is 0 Å². The highest BCUT2D eigenvalue weighted by Crippen LogP contribution is 2.80. The second-order valence-corrected chi connectivity index (χ2v) is 12.2. The third-order valence-corrected chi connectivity index (χ3v) is 11.4. The number of ketones is 6. The third-order valence-electron chi connectivity index (χ3n) is 11.4. The zero-order valence-corrected chi connectivity index (χ0v) is 23.3. The van der Waals surface area contributed by atoms with Gasteiger partial charge in [-0.05, 0) is 36.8 Å². The highest BCUT2D eigenvalue weighted by molar-refractivity contribution is 6.33. The van der Waals surface area contributed by atoms with E-state index in [0.717, 1.165) is 0 Å². The van der Waals surface area contributed by atoms with Gasteiger partial charge in [0.1, 0.15) is 34.6 Å². The first-order chi connectivity index (χ1) is 20.1. The lowest BCUT2D eigenvalue weighted by molar-refractivity contribution is -0.149. The number of hydrogen-bond acceptors (Lipinski definition) is 10. The zero-order chi connectivity index (χ0) is 29.6. The summed E-state index contributed by atoms with van der Waals surface area (Å²) in [6, 6.07) is 5.86. The van der Waals surface area contributed by atoms with Crippen LogP contribution in [-0.4, -0.2) is 63.1 Å². The maximum absolute atomic E-state index is 14.8. The first-order valence-electron chi connectivity index (χ1n) is 13.9. The Morgan fingerprint density at radius 3 is 1.29 bits per heavy atom. The topological polar surface area (TPSA) is 139 Å². The molecular weight excluding hydrogens is 544 g/mol. The van der Waals surface area contributed by atoms with Gasteiger partial charge in [-0.3, -0.25) is 28.8 Å². The fourth-order valence-electron chi connectivity index (χ4n) is 10.2. The van der Waals surface area contributed by atoms with Gasteiger partial charge in [0.2, 0.25) is 0 Å². The number of hydrogen-bond donors (Lipinski definition) is 0. The molecule has 0 heterocycles. The summed E-state index contributed by atoms with van der Waals surface area (Å²) in [5.41, 5.74) is -3.30. The van der Waals surface area contributed by atoms with Crippen molar-refractivity contribution in [1.29, 1.82) is 0 Å². The van der Waals surface area contributed by atoms with E-state index in [9.17, 15) is 28.8 Å². The molecule has 4 bridgehead atoms. The summed E-state index contributed by atoms with van der Waals surface area (Å²) < 4.78 is 21.7. The average molecular weight is 571 g/mol. The summed E-state index contributed by atoms with van der Waals surface area (Å²) in [5.74, 6) is -8.69. The van der Waals surface area contributed by atoms with Crippen molar-refractivity contribution in [2.75, 3.05) is 28.4 Å². The van der Waals surface area contributed by atoms with E-state index in [-0.39, 0.29) is 58.1 Å². The Morgan fingerprint density at radius 1 is 0.571 bits per heavy atom. The highest BCUT2D eigenvalue weighted by Gasteiger charge is 2.87. The van der Waals surface area contributed by atoms with Crippen molar-refractivity contribution < 1.29 is 47.7 Å². The Balaban J connectivity index is 1.42. The first-order valence-corrected chi connectivity index (χ1v) is 13.9. The monoisotopic (exact) mass is 570 g/mol. The van der Waals surface area contributed by atoms with Crippen LogP contribution in [0.1, 0.15) is 54.3 Å². The fourth-order valence-corrected chi connectivity index (χ4v) is 10.2. The van der Waals surface area contributed by atoms with E-state index >= 15 is 0 Å². The molecule has 42 heavy (non-hydrogen) atoms. The number of rotatable bonds is 4. The second-order valence-electron chi connectivity index (χ2n) is 12.2. The van der Waals surface area contributed by atoms with Gasteiger partial charge in [0.05, 0.1) is 62.2 Å². The van der Waals surface area contributed by atoms with Crippen LogP contribution in [0.15, 0.2) is 24.3 Å². The Labute approximate surface area is 239 Å². The van der Waals surface area contributed by atoms with Gasteiger partial charge in [0, 0.05) is 35.1 Å². The standard InChI is InChI=1S/C32H26O10/c1-39-11-5-13-21(19(7-11)41-3)27(35)23-26(34)18-9-15-16-10-17(31(15,23)29(13)37)25(33)24-28(36)22-14(30(38)32(16,18)24)6-12(40-2)8-20(22)42-4/h5-8,15-18,23-24H,9-10H2,1-4H3/t15-,16-,17-,18-,23?,24?,31+,32+/m1/s1. The number of carbonyl (C=O) groups excluding carboxylic acids is 6. The zero-order valence-electron chi connectivity index (χ0n) is 23.3. The highest BCUT2D eigenvalue weighted by atomic mass is 16.5. The SMILES string of the molecule is COc1cc(OC)c2c(c1)C(=O)[C@@]13C(C2=O)C(=O)[C@H]2C[C@@H]1[C@H]1C[C@@H]3C(=O)C3C(=O)c4c(OC)cc(OC)cc4C(=O)[C@]321. The van der Waals surface area contributed by atoms with Crippen LogP contribution in [-0.2, 0) is 9.59 Å². The molecule has 0 amide bonds. The predicted octanol–water partition coefficient (Wildman–Crippen LogP) is 2.82. The molecule has 10 nitrogen and oxygen atoms in total. The van der Waals surface area contributed by atoms with Crippen LogP contribution >= 0.6 is 0 Å². The summed E-state index contributed by atoms with van der Waals surface area (Å²) >= 11 is 0. The molecule has 0 aromatic heterocycles. The number of benzene rings is 2. The van der Waals surface area contributed by atoms with Crippen LogP contribution in [0.3, 0.4) is 0 Å². The van der Waals surface area contributed by atoms with E-state index in [1.165, 1.54) is 52.7 Å². The van der Waals surface area contributed by atoms with E-state index in [2.05, 4.69) is 0 Å². The number of carbonyl (C=O) groups is 6. The van der Waals surface area contributed by atoms with E-state index < -0.39 is 81.0 Å². The summed E-state index contributed by atoms with van der Waals surface area (Å²) in [6.45, 7) is 0. The number of fused-ring (bicyclic) bond motifs is 4.